The van der Waals surface area contributed by atoms with Gasteiger partial charge in [0.1, 0.15) is 23.9 Å². The Bertz CT molecular complexity index is 990. The maximum atomic E-state index is 12.5. The molecule has 150 valence electrons. The summed E-state index contributed by atoms with van der Waals surface area (Å²) >= 11 is 0. The van der Waals surface area contributed by atoms with E-state index < -0.39 is 4.92 Å². The van der Waals surface area contributed by atoms with E-state index in [0.29, 0.717) is 29.3 Å². The number of benzene rings is 1. The first kappa shape index (κ1) is 18.2. The zero-order valence-corrected chi connectivity index (χ0v) is 16.3. The van der Waals surface area contributed by atoms with Crippen LogP contribution in [0.25, 0.3) is 0 Å². The largest absolute Gasteiger partial charge is 0.424 e. The lowest BCUT2D eigenvalue weighted by Crippen LogP contribution is -2.42. The minimum absolute atomic E-state index is 0.0992. The average Bonchev–Trinajstić information content (AvgIpc) is 3.03. The Balaban J connectivity index is 1.37. The molecule has 7 nitrogen and oxygen atoms in total. The Morgan fingerprint density at radius 1 is 1.17 bits per heavy atom. The van der Waals surface area contributed by atoms with E-state index in [0.717, 1.165) is 50.9 Å². The first-order valence-electron chi connectivity index (χ1n) is 10.3. The zero-order chi connectivity index (χ0) is 20.2. The van der Waals surface area contributed by atoms with Gasteiger partial charge < -0.3 is 4.74 Å². The van der Waals surface area contributed by atoms with E-state index >= 15 is 0 Å². The Morgan fingerprint density at radius 2 is 1.97 bits per heavy atom. The van der Waals surface area contributed by atoms with Gasteiger partial charge in [0.25, 0.3) is 0 Å². The minimum atomic E-state index is -0.536. The van der Waals surface area contributed by atoms with Crippen molar-refractivity contribution in [1.82, 2.24) is 9.97 Å². The third-order valence-electron chi connectivity index (χ3n) is 7.44. The third-order valence-corrected chi connectivity index (χ3v) is 7.44. The van der Waals surface area contributed by atoms with Crippen molar-refractivity contribution in [3.8, 4) is 11.8 Å². The van der Waals surface area contributed by atoms with Crippen LogP contribution in [0, 0.1) is 27.4 Å². The van der Waals surface area contributed by atoms with Gasteiger partial charge in [-0.2, -0.15) is 9.97 Å². The van der Waals surface area contributed by atoms with Crippen LogP contribution in [0.3, 0.4) is 0 Å². The molecular formula is C22H23N3O4. The number of rotatable bonds is 3. The first-order chi connectivity index (χ1) is 14.0. The highest BCUT2D eigenvalue weighted by molar-refractivity contribution is 5.87. The van der Waals surface area contributed by atoms with Crippen LogP contribution in [0.1, 0.15) is 56.1 Å². The Labute approximate surface area is 168 Å². The van der Waals surface area contributed by atoms with Crippen molar-refractivity contribution < 1.29 is 14.5 Å². The first-order valence-corrected chi connectivity index (χ1v) is 10.3. The molecule has 1 aromatic heterocycles. The molecule has 3 aliphatic rings. The molecule has 1 aromatic carbocycles. The van der Waals surface area contributed by atoms with Gasteiger partial charge in [0.05, 0.1) is 4.92 Å². The molecule has 2 aromatic rings. The van der Waals surface area contributed by atoms with E-state index in [4.69, 9.17) is 4.74 Å². The molecule has 0 saturated heterocycles. The van der Waals surface area contributed by atoms with Crippen LogP contribution in [0.4, 0.5) is 5.69 Å². The van der Waals surface area contributed by atoms with Crippen molar-refractivity contribution in [3.05, 3.63) is 51.8 Å². The lowest BCUT2D eigenvalue weighted by Gasteiger charge is -2.48. The molecule has 0 radical (unpaired) electrons. The summed E-state index contributed by atoms with van der Waals surface area (Å²) in [6.07, 6.45) is 8.25. The summed E-state index contributed by atoms with van der Waals surface area (Å²) in [6.45, 7) is 2.19. The number of hydrogen-bond donors (Lipinski definition) is 0. The molecule has 4 atom stereocenters. The van der Waals surface area contributed by atoms with Crippen LogP contribution >= 0.6 is 0 Å². The smallest absolute Gasteiger partial charge is 0.322 e. The van der Waals surface area contributed by atoms with Gasteiger partial charge in [0.2, 0.25) is 0 Å². The van der Waals surface area contributed by atoms with E-state index in [-0.39, 0.29) is 17.1 Å². The molecule has 0 unspecified atom stereocenters. The van der Waals surface area contributed by atoms with Crippen LogP contribution in [0.5, 0.6) is 11.8 Å². The van der Waals surface area contributed by atoms with Gasteiger partial charge in [-0.1, -0.05) is 13.0 Å². The van der Waals surface area contributed by atoms with E-state index in [2.05, 4.69) is 23.0 Å². The highest BCUT2D eigenvalue weighted by atomic mass is 16.6. The lowest BCUT2D eigenvalue weighted by molar-refractivity contribution is -0.385. The van der Waals surface area contributed by atoms with E-state index in [9.17, 15) is 14.9 Å². The summed E-state index contributed by atoms with van der Waals surface area (Å²) in [5, 5.41) is 10.7. The molecule has 0 aliphatic heterocycles. The number of ether oxygens (including phenoxy) is 1. The molecule has 1 heterocycles. The van der Waals surface area contributed by atoms with Crippen molar-refractivity contribution in [2.24, 2.45) is 17.3 Å². The number of nitro groups is 1. The predicted octanol–water partition coefficient (Wildman–Crippen LogP) is 4.60. The second kappa shape index (κ2) is 6.61. The molecule has 0 N–H and O–H groups in total. The topological polar surface area (TPSA) is 95.2 Å². The summed E-state index contributed by atoms with van der Waals surface area (Å²) in [6, 6.07) is 6.22. The minimum Gasteiger partial charge on any atom is -0.424 e. The number of fused-ring (bicyclic) bond motifs is 5. The number of ketones is 1. The summed E-state index contributed by atoms with van der Waals surface area (Å²) in [5.41, 5.74) is 2.41. The van der Waals surface area contributed by atoms with Crippen molar-refractivity contribution in [3.63, 3.8) is 0 Å². The maximum Gasteiger partial charge on any atom is 0.322 e. The molecule has 0 amide bonds. The number of hydrogen-bond acceptors (Lipinski definition) is 6. The predicted molar refractivity (Wildman–Crippen MR) is 105 cm³/mol. The highest BCUT2D eigenvalue weighted by Gasteiger charge is 2.54. The number of aromatic nitrogens is 2. The third kappa shape index (κ3) is 2.91. The van der Waals surface area contributed by atoms with Crippen molar-refractivity contribution in [2.45, 2.75) is 51.4 Å². The van der Waals surface area contributed by atoms with Crippen molar-refractivity contribution in [2.75, 3.05) is 0 Å². The molecule has 2 fully saturated rings. The number of carbonyl (C=O) groups is 1. The van der Waals surface area contributed by atoms with Gasteiger partial charge in [-0.05, 0) is 73.1 Å². The quantitative estimate of drug-likeness (QED) is 0.558. The van der Waals surface area contributed by atoms with E-state index in [1.165, 1.54) is 11.1 Å². The van der Waals surface area contributed by atoms with Gasteiger partial charge in [-0.3, -0.25) is 14.9 Å². The fraction of sp³-hybridized carbons (Fsp3) is 0.500. The van der Waals surface area contributed by atoms with Crippen molar-refractivity contribution in [1.29, 1.82) is 0 Å². The number of aryl methyl sites for hydroxylation is 1. The molecule has 7 heteroatoms. The summed E-state index contributed by atoms with van der Waals surface area (Å²) in [7, 11) is 0. The number of Topliss-reactive ketones (excluding diaryl/α,β-unsaturated/α-hetero) is 1. The standard InChI is InChI=1S/C22H23N3O4/c1-22-9-8-17-16-5-3-15(29-21-23-11-14(12-24-21)25(27)28)10-13(16)2-4-18(17)19(22)6-7-20(22)26/h3,5,10-12,17-19H,2,4,6-9H2,1H3/t17-,18-,19+,22+/m1/s1. The number of nitrogens with zero attached hydrogens (tertiary/aromatic N) is 3. The molecule has 0 spiro atoms. The SMILES string of the molecule is C[C@]12CC[C@@H]3c4ccc(Oc5ncc([N+](=O)[O-])cn5)cc4CC[C@H]3[C@@H]1CCC2=O. The van der Waals surface area contributed by atoms with Gasteiger partial charge in [-0.25, -0.2) is 0 Å². The molecule has 5 rings (SSSR count). The molecule has 29 heavy (non-hydrogen) atoms. The maximum absolute atomic E-state index is 12.5. The van der Waals surface area contributed by atoms with Crippen LogP contribution in [-0.2, 0) is 11.2 Å². The van der Waals surface area contributed by atoms with Crippen LogP contribution in [0.15, 0.2) is 30.6 Å². The molecular weight excluding hydrogens is 370 g/mol. The Morgan fingerprint density at radius 3 is 2.72 bits per heavy atom. The monoisotopic (exact) mass is 393 g/mol. The molecule has 2 saturated carbocycles. The van der Waals surface area contributed by atoms with Crippen LogP contribution in [-0.4, -0.2) is 20.7 Å². The Hall–Kier alpha value is -2.83. The second-order valence-corrected chi connectivity index (χ2v) is 8.78. The second-order valence-electron chi connectivity index (χ2n) is 8.78. The fourth-order valence-electron chi connectivity index (χ4n) is 5.96. The van der Waals surface area contributed by atoms with Crippen molar-refractivity contribution >= 4 is 11.5 Å². The van der Waals surface area contributed by atoms with Crippen LogP contribution < -0.4 is 4.74 Å². The average molecular weight is 393 g/mol. The number of carbonyl (C=O) groups excluding carboxylic acids is 1. The molecule has 3 aliphatic carbocycles. The lowest BCUT2D eigenvalue weighted by atomic mass is 9.55. The van der Waals surface area contributed by atoms with Gasteiger partial charge >= 0.3 is 11.7 Å². The Kier molecular flexibility index (Phi) is 4.15. The summed E-state index contributed by atoms with van der Waals surface area (Å²) in [4.78, 5) is 30.5. The van der Waals surface area contributed by atoms with Gasteiger partial charge in [0.15, 0.2) is 0 Å². The van der Waals surface area contributed by atoms with E-state index in [1.807, 2.05) is 12.1 Å². The summed E-state index contributed by atoms with van der Waals surface area (Å²) in [5.74, 6) is 2.75. The van der Waals surface area contributed by atoms with Crippen LogP contribution in [0.2, 0.25) is 0 Å². The van der Waals surface area contributed by atoms with Gasteiger partial charge in [0, 0.05) is 11.8 Å². The van der Waals surface area contributed by atoms with Gasteiger partial charge in [-0.15, -0.1) is 0 Å². The molecule has 0 bridgehead atoms. The summed E-state index contributed by atoms with van der Waals surface area (Å²) < 4.78 is 5.73. The normalized spacial score (nSPS) is 30.2. The fourth-order valence-corrected chi connectivity index (χ4v) is 5.96. The highest BCUT2D eigenvalue weighted by Crippen LogP contribution is 2.59. The zero-order valence-electron chi connectivity index (χ0n) is 16.3. The van der Waals surface area contributed by atoms with E-state index in [1.54, 1.807) is 0 Å².